The Morgan fingerprint density at radius 3 is 2.38 bits per heavy atom. The van der Waals surface area contributed by atoms with Gasteiger partial charge >= 0.3 is 0 Å². The third-order valence-electron chi connectivity index (χ3n) is 5.59. The summed E-state index contributed by atoms with van der Waals surface area (Å²) in [6, 6.07) is 18.8. The van der Waals surface area contributed by atoms with Gasteiger partial charge in [0.1, 0.15) is 5.60 Å². The average molecular weight is 344 g/mol. The monoisotopic (exact) mass is 343 g/mol. The lowest BCUT2D eigenvalue weighted by Crippen LogP contribution is -2.53. The Morgan fingerprint density at radius 2 is 1.67 bits per heavy atom. The van der Waals surface area contributed by atoms with E-state index in [2.05, 4.69) is 48.3 Å². The maximum Gasteiger partial charge on any atom is 0.130 e. The fraction of sp³-hybridized carbons (Fsp3) is 0.429. The van der Waals surface area contributed by atoms with Crippen LogP contribution in [-0.4, -0.2) is 29.6 Å². The normalized spacial score (nSPS) is 25.9. The van der Waals surface area contributed by atoms with Crippen molar-refractivity contribution in [2.45, 2.75) is 37.3 Å². The van der Waals surface area contributed by atoms with Crippen LogP contribution in [0.5, 0.6) is 0 Å². The van der Waals surface area contributed by atoms with Gasteiger partial charge in [-0.2, -0.15) is 0 Å². The Balaban J connectivity index is 0.00000169. The van der Waals surface area contributed by atoms with E-state index < -0.39 is 5.60 Å². The van der Waals surface area contributed by atoms with Crippen LogP contribution in [0, 0.1) is 5.92 Å². The maximum absolute atomic E-state index is 11.9. The second kappa shape index (κ2) is 6.87. The van der Waals surface area contributed by atoms with Gasteiger partial charge in [0.2, 0.25) is 0 Å². The topological polar surface area (TPSA) is 23.5 Å². The van der Waals surface area contributed by atoms with Crippen molar-refractivity contribution >= 4 is 12.4 Å². The first-order valence-corrected chi connectivity index (χ1v) is 8.76. The summed E-state index contributed by atoms with van der Waals surface area (Å²) in [5, 5.41) is 11.9. The number of rotatable bonds is 4. The molecule has 1 saturated carbocycles. The summed E-state index contributed by atoms with van der Waals surface area (Å²) in [6.07, 6.45) is 4.74. The lowest BCUT2D eigenvalue weighted by molar-refractivity contribution is -0.0240. The molecular weight excluding hydrogens is 318 g/mol. The molecule has 0 saturated heterocycles. The minimum Gasteiger partial charge on any atom is -0.379 e. The van der Waals surface area contributed by atoms with Gasteiger partial charge in [0.05, 0.1) is 0 Å². The summed E-state index contributed by atoms with van der Waals surface area (Å²) in [5.74, 6) is 0.831. The lowest BCUT2D eigenvalue weighted by Gasteiger charge is -2.46. The molecule has 0 unspecified atom stereocenters. The van der Waals surface area contributed by atoms with E-state index in [4.69, 9.17) is 0 Å². The molecule has 0 amide bonds. The van der Waals surface area contributed by atoms with E-state index in [9.17, 15) is 5.11 Å². The predicted octanol–water partition coefficient (Wildman–Crippen LogP) is 4.00. The molecule has 24 heavy (non-hydrogen) atoms. The number of hydrogen-bond acceptors (Lipinski definition) is 2. The zero-order valence-corrected chi connectivity index (χ0v) is 15.0. The number of aryl methyl sites for hydroxylation is 1. The van der Waals surface area contributed by atoms with Crippen molar-refractivity contribution in [3.8, 4) is 0 Å². The largest absolute Gasteiger partial charge is 0.379 e. The Hall–Kier alpha value is -1.35. The highest BCUT2D eigenvalue weighted by Gasteiger charge is 2.46. The van der Waals surface area contributed by atoms with Crippen molar-refractivity contribution in [2.75, 3.05) is 13.6 Å². The highest BCUT2D eigenvalue weighted by atomic mass is 35.5. The second-order valence-electron chi connectivity index (χ2n) is 7.23. The van der Waals surface area contributed by atoms with Crippen LogP contribution < -0.4 is 0 Å². The van der Waals surface area contributed by atoms with Crippen LogP contribution in [0.4, 0.5) is 0 Å². The van der Waals surface area contributed by atoms with Crippen LogP contribution in [0.3, 0.4) is 0 Å². The molecule has 1 fully saturated rings. The van der Waals surface area contributed by atoms with Crippen molar-refractivity contribution < 1.29 is 5.11 Å². The Labute approximate surface area is 150 Å². The summed E-state index contributed by atoms with van der Waals surface area (Å²) in [4.78, 5) is 2.40. The van der Waals surface area contributed by atoms with E-state index in [0.29, 0.717) is 0 Å². The molecule has 0 bridgehead atoms. The molecule has 4 rings (SSSR count). The summed E-state index contributed by atoms with van der Waals surface area (Å²) in [5.41, 5.74) is 2.47. The Kier molecular flexibility index (Phi) is 5.00. The molecule has 0 aromatic heterocycles. The van der Waals surface area contributed by atoms with Crippen LogP contribution in [0.25, 0.3) is 0 Å². The van der Waals surface area contributed by atoms with Gasteiger partial charge in [-0.25, -0.2) is 0 Å². The number of nitrogens with zero attached hydrogens (tertiary/aromatic N) is 1. The molecule has 2 aromatic carbocycles. The molecule has 3 heteroatoms. The molecule has 0 radical (unpaired) electrons. The first-order chi connectivity index (χ1) is 11.2. The molecule has 0 heterocycles. The van der Waals surface area contributed by atoms with Crippen molar-refractivity contribution in [3.63, 3.8) is 0 Å². The zero-order chi connectivity index (χ0) is 15.9. The fourth-order valence-corrected chi connectivity index (χ4v) is 4.21. The van der Waals surface area contributed by atoms with Crippen LogP contribution in [0.1, 0.15) is 36.0 Å². The third kappa shape index (κ3) is 2.99. The maximum atomic E-state index is 11.9. The van der Waals surface area contributed by atoms with E-state index in [1.165, 1.54) is 18.4 Å². The Bertz CT molecular complexity index is 685. The fourth-order valence-electron chi connectivity index (χ4n) is 4.21. The van der Waals surface area contributed by atoms with Crippen molar-refractivity contribution in [3.05, 3.63) is 71.3 Å². The van der Waals surface area contributed by atoms with Gasteiger partial charge in [-0.05, 0) is 55.3 Å². The molecule has 2 atom stereocenters. The molecule has 2 aromatic rings. The number of fused-ring (bicyclic) bond motifs is 1. The smallest absolute Gasteiger partial charge is 0.130 e. The predicted molar refractivity (Wildman–Crippen MR) is 101 cm³/mol. The first-order valence-electron chi connectivity index (χ1n) is 8.76. The van der Waals surface area contributed by atoms with Gasteiger partial charge < -0.3 is 5.11 Å². The van der Waals surface area contributed by atoms with Crippen molar-refractivity contribution in [1.29, 1.82) is 0 Å². The van der Waals surface area contributed by atoms with E-state index in [1.54, 1.807) is 0 Å². The minimum absolute atomic E-state index is 0. The van der Waals surface area contributed by atoms with E-state index >= 15 is 0 Å². The number of likely N-dealkylation sites (N-methyl/N-ethyl adjacent to an activating group) is 1. The van der Waals surface area contributed by atoms with Crippen LogP contribution in [0.2, 0.25) is 0 Å². The van der Waals surface area contributed by atoms with Crippen LogP contribution in [0.15, 0.2) is 54.6 Å². The van der Waals surface area contributed by atoms with E-state index in [1.807, 2.05) is 18.2 Å². The van der Waals surface area contributed by atoms with Gasteiger partial charge in [0.15, 0.2) is 0 Å². The quantitative estimate of drug-likeness (QED) is 0.907. The molecule has 2 nitrogen and oxygen atoms in total. The summed E-state index contributed by atoms with van der Waals surface area (Å²) in [6.45, 7) is 1.10. The standard InChI is InChI=1S/C21H25NO.ClH/c1-22(15-16-11-12-16)20-14-13-17-7-5-6-10-19(17)21(20,23)18-8-3-2-4-9-18;/h2-10,16,20,23H,11-15H2,1H3;1H/t20-,21+;/m1./s1. The summed E-state index contributed by atoms with van der Waals surface area (Å²) < 4.78 is 0. The second-order valence-corrected chi connectivity index (χ2v) is 7.23. The molecule has 0 spiro atoms. The molecule has 0 aliphatic heterocycles. The van der Waals surface area contributed by atoms with Gasteiger partial charge in [-0.1, -0.05) is 54.6 Å². The Morgan fingerprint density at radius 1 is 1.00 bits per heavy atom. The average Bonchev–Trinajstić information content (AvgIpc) is 3.40. The van der Waals surface area contributed by atoms with Gasteiger partial charge in [-0.3, -0.25) is 4.90 Å². The van der Waals surface area contributed by atoms with Crippen LogP contribution in [-0.2, 0) is 12.0 Å². The number of hydrogen-bond donors (Lipinski definition) is 1. The van der Waals surface area contributed by atoms with E-state index in [0.717, 1.165) is 36.4 Å². The molecule has 128 valence electrons. The summed E-state index contributed by atoms with van der Waals surface area (Å²) in [7, 11) is 2.19. The highest BCUT2D eigenvalue weighted by molar-refractivity contribution is 5.85. The van der Waals surface area contributed by atoms with E-state index in [-0.39, 0.29) is 18.4 Å². The SMILES string of the molecule is CN(CC1CC1)[C@@H]1CCc2ccccc2[C@@]1(O)c1ccccc1.Cl. The molecule has 2 aliphatic rings. The minimum atomic E-state index is -0.917. The van der Waals surface area contributed by atoms with Gasteiger partial charge in [0.25, 0.3) is 0 Å². The van der Waals surface area contributed by atoms with Gasteiger partial charge in [0, 0.05) is 12.6 Å². The van der Waals surface area contributed by atoms with Gasteiger partial charge in [-0.15, -0.1) is 12.4 Å². The van der Waals surface area contributed by atoms with Crippen LogP contribution >= 0.6 is 12.4 Å². The third-order valence-corrected chi connectivity index (χ3v) is 5.59. The zero-order valence-electron chi connectivity index (χ0n) is 14.2. The number of halogens is 1. The lowest BCUT2D eigenvalue weighted by atomic mass is 9.71. The molecule has 2 aliphatic carbocycles. The number of aliphatic hydroxyl groups is 1. The number of benzene rings is 2. The highest BCUT2D eigenvalue weighted by Crippen LogP contribution is 2.43. The molecule has 1 N–H and O–H groups in total. The summed E-state index contributed by atoms with van der Waals surface area (Å²) >= 11 is 0. The van der Waals surface area contributed by atoms with Crippen molar-refractivity contribution in [2.24, 2.45) is 5.92 Å². The van der Waals surface area contributed by atoms with Crippen molar-refractivity contribution in [1.82, 2.24) is 4.90 Å². The molecular formula is C21H26ClNO. The first kappa shape index (κ1) is 17.5.